The lowest BCUT2D eigenvalue weighted by Gasteiger charge is -2.31. The molecule has 0 aromatic heterocycles. The Morgan fingerprint density at radius 1 is 0.296 bits per heavy atom. The standard InChI is InChI=1S/C57H106O10S4/c1-4-7-10-13-16-19-22-25-28-31-40-68-44-36-53(60)64-48-57(51-67-56(63)39-47-71-43-34-35-52(58)59,49-65-54(61)37-45-69-41-32-29-26-23-20-17-14-11-8-5-2)50-66-55(62)38-46-70-42-33-30-27-24-21-18-15-12-9-6-3/h4-51H2,1-3H3,(H,58,59). The largest absolute Gasteiger partial charge is 0.481 e. The molecule has 0 fully saturated rings. The summed E-state index contributed by atoms with van der Waals surface area (Å²) in [6, 6.07) is 0. The average molecular weight is 1080 g/mol. The average Bonchev–Trinajstić information content (AvgIpc) is 3.36. The molecule has 10 nitrogen and oxygen atoms in total. The Hall–Kier alpha value is -1.25. The van der Waals surface area contributed by atoms with Crippen LogP contribution in [-0.2, 0) is 42.9 Å². The Morgan fingerprint density at radius 3 is 0.732 bits per heavy atom. The molecule has 0 atom stereocenters. The summed E-state index contributed by atoms with van der Waals surface area (Å²) < 4.78 is 23.3. The molecule has 0 saturated heterocycles. The smallest absolute Gasteiger partial charge is 0.306 e. The Labute approximate surface area is 452 Å². The topological polar surface area (TPSA) is 142 Å². The third-order valence-corrected chi connectivity index (χ3v) is 16.8. The number of carboxylic acids is 1. The van der Waals surface area contributed by atoms with Gasteiger partial charge in [0.15, 0.2) is 0 Å². The molecule has 0 heterocycles. The van der Waals surface area contributed by atoms with Gasteiger partial charge in [0.1, 0.15) is 31.8 Å². The number of hydrogen-bond donors (Lipinski definition) is 1. The molecule has 418 valence electrons. The summed E-state index contributed by atoms with van der Waals surface area (Å²) in [6.45, 7) is 5.75. The van der Waals surface area contributed by atoms with Crippen molar-refractivity contribution in [3.63, 3.8) is 0 Å². The second kappa shape index (κ2) is 55.0. The van der Waals surface area contributed by atoms with E-state index in [2.05, 4.69) is 20.8 Å². The first kappa shape index (κ1) is 69.8. The summed E-state index contributed by atoms with van der Waals surface area (Å²) in [7, 11) is 0. The molecule has 0 aliphatic rings. The van der Waals surface area contributed by atoms with E-state index in [9.17, 15) is 24.0 Å². The lowest BCUT2D eigenvalue weighted by atomic mass is 9.92. The van der Waals surface area contributed by atoms with Gasteiger partial charge in [-0.3, -0.25) is 24.0 Å². The Balaban J connectivity index is 5.36. The highest BCUT2D eigenvalue weighted by Gasteiger charge is 2.38. The normalized spacial score (nSPS) is 11.5. The van der Waals surface area contributed by atoms with E-state index in [4.69, 9.17) is 24.1 Å². The van der Waals surface area contributed by atoms with Gasteiger partial charge < -0.3 is 24.1 Å². The number of rotatable bonds is 57. The van der Waals surface area contributed by atoms with Gasteiger partial charge >= 0.3 is 29.8 Å². The molecule has 0 unspecified atom stereocenters. The van der Waals surface area contributed by atoms with Gasteiger partial charge in [0, 0.05) is 29.4 Å². The minimum absolute atomic E-state index is 0.0737. The van der Waals surface area contributed by atoms with Crippen LogP contribution in [0, 0.1) is 5.41 Å². The Morgan fingerprint density at radius 2 is 0.507 bits per heavy atom. The summed E-state index contributed by atoms with van der Waals surface area (Å²) >= 11 is 6.71. The molecule has 0 saturated carbocycles. The highest BCUT2D eigenvalue weighted by Crippen LogP contribution is 2.24. The number of carbonyl (C=O) groups excluding carboxylic acids is 4. The van der Waals surface area contributed by atoms with Crippen molar-refractivity contribution >= 4 is 76.9 Å². The summed E-state index contributed by atoms with van der Waals surface area (Å²) in [5.74, 6) is 3.35. The van der Waals surface area contributed by atoms with Gasteiger partial charge in [-0.1, -0.05) is 194 Å². The fourth-order valence-electron chi connectivity index (χ4n) is 7.90. The number of thioether (sulfide) groups is 4. The second-order valence-corrected chi connectivity index (χ2v) is 24.5. The quantitative estimate of drug-likeness (QED) is 0.0351. The number of esters is 4. The van der Waals surface area contributed by atoms with Crippen LogP contribution in [0.15, 0.2) is 0 Å². The monoisotopic (exact) mass is 1080 g/mol. The maximum Gasteiger partial charge on any atom is 0.306 e. The predicted octanol–water partition coefficient (Wildman–Crippen LogP) is 16.3. The van der Waals surface area contributed by atoms with Crippen LogP contribution in [0.5, 0.6) is 0 Å². The van der Waals surface area contributed by atoms with E-state index in [1.807, 2.05) is 0 Å². The lowest BCUT2D eigenvalue weighted by Crippen LogP contribution is -2.44. The van der Waals surface area contributed by atoms with E-state index in [0.29, 0.717) is 35.2 Å². The molecule has 1 N–H and O–H groups in total. The fraction of sp³-hybridized carbons (Fsp3) is 0.912. The summed E-state index contributed by atoms with van der Waals surface area (Å²) in [5, 5.41) is 8.94. The van der Waals surface area contributed by atoms with Crippen molar-refractivity contribution in [3.05, 3.63) is 0 Å². The summed E-state index contributed by atoms with van der Waals surface area (Å²) in [4.78, 5) is 63.4. The molecule has 0 aliphatic carbocycles. The van der Waals surface area contributed by atoms with Crippen molar-refractivity contribution in [2.75, 3.05) is 72.5 Å². The van der Waals surface area contributed by atoms with E-state index >= 15 is 0 Å². The summed E-state index contributed by atoms with van der Waals surface area (Å²) in [6.07, 6.45) is 39.8. The molecule has 0 spiro atoms. The number of unbranched alkanes of at least 4 members (excludes halogenated alkanes) is 27. The van der Waals surface area contributed by atoms with Crippen LogP contribution in [0.4, 0.5) is 0 Å². The molecule has 0 radical (unpaired) electrons. The van der Waals surface area contributed by atoms with E-state index in [-0.39, 0.29) is 58.5 Å². The minimum Gasteiger partial charge on any atom is -0.481 e. The number of hydrogen-bond acceptors (Lipinski definition) is 13. The number of carbonyl (C=O) groups is 5. The minimum atomic E-state index is -1.29. The lowest BCUT2D eigenvalue weighted by molar-refractivity contribution is -0.170. The second-order valence-electron chi connectivity index (χ2n) is 19.6. The molecule has 0 aliphatic heterocycles. The Kier molecular flexibility index (Phi) is 54.0. The van der Waals surface area contributed by atoms with E-state index in [1.165, 1.54) is 185 Å². The van der Waals surface area contributed by atoms with Crippen LogP contribution in [0.1, 0.15) is 252 Å². The van der Waals surface area contributed by atoms with Gasteiger partial charge in [-0.2, -0.15) is 47.0 Å². The molecule has 0 bridgehead atoms. The van der Waals surface area contributed by atoms with Crippen molar-refractivity contribution in [2.45, 2.75) is 252 Å². The molecular weight excluding hydrogens is 973 g/mol. The third-order valence-electron chi connectivity index (χ3n) is 12.6. The number of ether oxygens (including phenoxy) is 4. The molecule has 14 heteroatoms. The van der Waals surface area contributed by atoms with Gasteiger partial charge in [0.25, 0.3) is 0 Å². The first-order chi connectivity index (χ1) is 34.7. The molecule has 0 aromatic rings. The number of carboxylic acid groups (broad SMARTS) is 1. The zero-order chi connectivity index (χ0) is 52.0. The zero-order valence-electron chi connectivity index (χ0n) is 45.7. The maximum absolute atomic E-state index is 13.2. The van der Waals surface area contributed by atoms with Gasteiger partial charge in [0.2, 0.25) is 0 Å². The highest BCUT2D eigenvalue weighted by atomic mass is 32.2. The van der Waals surface area contributed by atoms with Crippen LogP contribution in [-0.4, -0.2) is 107 Å². The van der Waals surface area contributed by atoms with Crippen molar-refractivity contribution < 1.29 is 48.0 Å². The van der Waals surface area contributed by atoms with Gasteiger partial charge in [-0.05, 0) is 48.7 Å². The van der Waals surface area contributed by atoms with Crippen molar-refractivity contribution in [1.29, 1.82) is 0 Å². The van der Waals surface area contributed by atoms with Crippen LogP contribution >= 0.6 is 47.0 Å². The van der Waals surface area contributed by atoms with E-state index < -0.39 is 35.3 Å². The highest BCUT2D eigenvalue weighted by molar-refractivity contribution is 7.99. The molecule has 0 aromatic carbocycles. The van der Waals surface area contributed by atoms with Crippen LogP contribution in [0.25, 0.3) is 0 Å². The van der Waals surface area contributed by atoms with E-state index in [0.717, 1.165) is 36.5 Å². The first-order valence-corrected chi connectivity index (χ1v) is 33.4. The molecule has 71 heavy (non-hydrogen) atoms. The number of aliphatic carboxylic acids is 1. The van der Waals surface area contributed by atoms with Gasteiger partial charge in [-0.25, -0.2) is 0 Å². The fourth-order valence-corrected chi connectivity index (χ4v) is 11.5. The third kappa shape index (κ3) is 52.0. The van der Waals surface area contributed by atoms with Crippen LogP contribution in [0.2, 0.25) is 0 Å². The predicted molar refractivity (Wildman–Crippen MR) is 306 cm³/mol. The van der Waals surface area contributed by atoms with Crippen molar-refractivity contribution in [1.82, 2.24) is 0 Å². The maximum atomic E-state index is 13.2. The van der Waals surface area contributed by atoms with Crippen LogP contribution in [0.3, 0.4) is 0 Å². The zero-order valence-corrected chi connectivity index (χ0v) is 49.0. The van der Waals surface area contributed by atoms with Gasteiger partial charge in [-0.15, -0.1) is 0 Å². The molecule has 0 amide bonds. The molecule has 0 rings (SSSR count). The first-order valence-electron chi connectivity index (χ1n) is 28.8. The Bertz CT molecular complexity index is 1130. The summed E-state index contributed by atoms with van der Waals surface area (Å²) in [5.41, 5.74) is -1.29. The molecular formula is C57H106O10S4. The van der Waals surface area contributed by atoms with Gasteiger partial charge in [0.05, 0.1) is 25.7 Å². The SMILES string of the molecule is CCCCCCCCCCCCSCCC(=O)OCC(COC(=O)CCSCCCCCCCCCCCC)(COC(=O)CCSCCCCCCCCCCCC)COC(=O)CCSCCCC(=O)O. The van der Waals surface area contributed by atoms with E-state index in [1.54, 1.807) is 35.3 Å². The van der Waals surface area contributed by atoms with Crippen LogP contribution < -0.4 is 0 Å². The van der Waals surface area contributed by atoms with Crippen molar-refractivity contribution in [2.24, 2.45) is 5.41 Å². The van der Waals surface area contributed by atoms with Crippen molar-refractivity contribution in [3.8, 4) is 0 Å².